The molecule has 0 N–H and O–H groups in total. The van der Waals surface area contributed by atoms with Crippen LogP contribution in [0.5, 0.6) is 0 Å². The number of rotatable bonds is 5. The zero-order chi connectivity index (χ0) is 20.7. The molecule has 0 bridgehead atoms. The summed E-state index contributed by atoms with van der Waals surface area (Å²) in [7, 11) is -4.42. The molecule has 2 atom stereocenters. The summed E-state index contributed by atoms with van der Waals surface area (Å²) in [6, 6.07) is 20.0. The minimum atomic E-state index is -3.44. The van der Waals surface area contributed by atoms with Crippen LogP contribution >= 0.6 is 0 Å². The molecule has 0 aromatic heterocycles. The van der Waals surface area contributed by atoms with Crippen LogP contribution in [0.2, 0.25) is 5.04 Å². The maximum absolute atomic E-state index is 13.0. The fourth-order valence-electron chi connectivity index (χ4n) is 4.52. The smallest absolute Gasteiger partial charge is 0.236 e. The van der Waals surface area contributed by atoms with Crippen LogP contribution in [0.15, 0.2) is 72.1 Å². The minimum Gasteiger partial charge on any atom is -0.408 e. The third-order valence-electron chi connectivity index (χ3n) is 5.74. The normalized spacial score (nSPS) is 24.4. The molecule has 1 fully saturated rings. The number of benzene rings is 2. The van der Waals surface area contributed by atoms with Crippen molar-refractivity contribution >= 4 is 19.8 Å². The molecule has 2 aromatic carbocycles. The van der Waals surface area contributed by atoms with Gasteiger partial charge in [0.2, 0.25) is 10.0 Å². The molecule has 2 aliphatic rings. The third-order valence-corrected chi connectivity index (χ3v) is 8.82. The van der Waals surface area contributed by atoms with Gasteiger partial charge in [-0.05, 0) is 29.0 Å². The van der Waals surface area contributed by atoms with Crippen LogP contribution in [0.4, 0.5) is 0 Å². The summed E-state index contributed by atoms with van der Waals surface area (Å²) < 4.78 is 34.6. The lowest BCUT2D eigenvalue weighted by Crippen LogP contribution is -2.53. The third kappa shape index (κ3) is 3.75. The lowest BCUT2D eigenvalue weighted by molar-refractivity contribution is 0.0435. The minimum absolute atomic E-state index is 0.0725. The summed E-state index contributed by atoms with van der Waals surface area (Å²) in [5, 5.41) is 1.45. The molecule has 4 rings (SSSR count). The van der Waals surface area contributed by atoms with E-state index in [1.165, 1.54) is 5.41 Å². The molecule has 2 aromatic rings. The van der Waals surface area contributed by atoms with Crippen molar-refractivity contribution in [1.29, 1.82) is 0 Å². The first-order valence-electron chi connectivity index (χ1n) is 10.2. The van der Waals surface area contributed by atoms with E-state index in [1.807, 2.05) is 42.5 Å². The van der Waals surface area contributed by atoms with E-state index < -0.39 is 25.4 Å². The molecule has 29 heavy (non-hydrogen) atoms. The Morgan fingerprint density at radius 1 is 0.931 bits per heavy atom. The molecule has 0 aliphatic carbocycles. The SMILES string of the molecule is CC(C)(C)[SiH2]OC(c1ccccc1)(c1ccccc1)[C@@H]1CCC2C=CS(=O)(=O)N21. The van der Waals surface area contributed by atoms with Crippen LogP contribution in [0.25, 0.3) is 0 Å². The van der Waals surface area contributed by atoms with Crippen molar-refractivity contribution in [1.82, 2.24) is 4.31 Å². The van der Waals surface area contributed by atoms with E-state index in [4.69, 9.17) is 4.43 Å². The largest absolute Gasteiger partial charge is 0.408 e. The average molecular weight is 428 g/mol. The highest BCUT2D eigenvalue weighted by molar-refractivity contribution is 7.92. The van der Waals surface area contributed by atoms with Gasteiger partial charge in [0.05, 0.1) is 6.04 Å². The predicted molar refractivity (Wildman–Crippen MR) is 120 cm³/mol. The van der Waals surface area contributed by atoms with Gasteiger partial charge in [-0.15, -0.1) is 0 Å². The Morgan fingerprint density at radius 3 is 2.00 bits per heavy atom. The van der Waals surface area contributed by atoms with Gasteiger partial charge >= 0.3 is 0 Å². The van der Waals surface area contributed by atoms with Gasteiger partial charge in [-0.3, -0.25) is 0 Å². The molecule has 1 saturated heterocycles. The van der Waals surface area contributed by atoms with Gasteiger partial charge in [-0.1, -0.05) is 87.5 Å². The zero-order valence-electron chi connectivity index (χ0n) is 17.3. The number of fused-ring (bicyclic) bond motifs is 1. The Balaban J connectivity index is 1.93. The topological polar surface area (TPSA) is 46.6 Å². The fraction of sp³-hybridized carbons (Fsp3) is 0.391. The van der Waals surface area contributed by atoms with E-state index >= 15 is 0 Å². The van der Waals surface area contributed by atoms with Crippen molar-refractivity contribution in [2.45, 2.75) is 56.3 Å². The molecule has 0 radical (unpaired) electrons. The van der Waals surface area contributed by atoms with E-state index in [1.54, 1.807) is 4.31 Å². The Bertz CT molecular complexity index is 944. The van der Waals surface area contributed by atoms with Crippen LogP contribution in [0.3, 0.4) is 0 Å². The summed E-state index contributed by atoms with van der Waals surface area (Å²) in [4.78, 5) is 0. The maximum Gasteiger partial charge on any atom is 0.236 e. The maximum atomic E-state index is 13.0. The quantitative estimate of drug-likeness (QED) is 0.679. The van der Waals surface area contributed by atoms with E-state index in [0.717, 1.165) is 24.0 Å². The van der Waals surface area contributed by atoms with Crippen LogP contribution in [0, 0.1) is 0 Å². The first kappa shape index (κ1) is 20.5. The number of hydrogen-bond acceptors (Lipinski definition) is 3. The van der Waals surface area contributed by atoms with Crippen molar-refractivity contribution < 1.29 is 12.8 Å². The Labute approximate surface area is 176 Å². The van der Waals surface area contributed by atoms with Crippen molar-refractivity contribution in [2.24, 2.45) is 0 Å². The predicted octanol–water partition coefficient (Wildman–Crippen LogP) is 3.94. The summed E-state index contributed by atoms with van der Waals surface area (Å²) in [5.41, 5.74) is 1.24. The molecule has 1 unspecified atom stereocenters. The molecular weight excluding hydrogens is 398 g/mol. The lowest BCUT2D eigenvalue weighted by atomic mass is 9.79. The van der Waals surface area contributed by atoms with Crippen molar-refractivity contribution in [2.75, 3.05) is 0 Å². The monoisotopic (exact) mass is 427 g/mol. The second-order valence-electron chi connectivity index (χ2n) is 9.18. The Morgan fingerprint density at radius 2 is 1.48 bits per heavy atom. The first-order chi connectivity index (χ1) is 13.7. The second kappa shape index (κ2) is 7.51. The molecule has 2 heterocycles. The fourth-order valence-corrected chi connectivity index (χ4v) is 7.39. The highest BCUT2D eigenvalue weighted by Crippen LogP contribution is 2.48. The molecule has 6 heteroatoms. The zero-order valence-corrected chi connectivity index (χ0v) is 19.5. The van der Waals surface area contributed by atoms with Crippen LogP contribution in [-0.4, -0.2) is 34.6 Å². The molecule has 154 valence electrons. The van der Waals surface area contributed by atoms with Gasteiger partial charge < -0.3 is 4.43 Å². The van der Waals surface area contributed by atoms with E-state index in [2.05, 4.69) is 45.0 Å². The van der Waals surface area contributed by atoms with Gasteiger partial charge in [-0.2, -0.15) is 4.31 Å². The summed E-state index contributed by atoms with van der Waals surface area (Å²) in [5.74, 6) is 0. The van der Waals surface area contributed by atoms with Gasteiger partial charge in [0.15, 0.2) is 9.76 Å². The van der Waals surface area contributed by atoms with E-state index in [0.29, 0.717) is 0 Å². The Hall–Kier alpha value is -1.73. The molecule has 0 amide bonds. The van der Waals surface area contributed by atoms with Crippen LogP contribution in [-0.2, 0) is 20.1 Å². The standard InChI is InChI=1S/C23H29NO3SSi/c1-22(2,3)29-27-23(18-10-6-4-7-11-18,19-12-8-5-9-13-19)21-15-14-20-16-17-28(25,26)24(20)21/h4-13,16-17,20-21H,14-15,29H2,1-3H3/t20?,21-/m0/s1. The number of nitrogens with zero attached hydrogens (tertiary/aromatic N) is 1. The van der Waals surface area contributed by atoms with Crippen LogP contribution in [0.1, 0.15) is 44.7 Å². The summed E-state index contributed by atoms with van der Waals surface area (Å²) >= 11 is 0. The molecule has 0 saturated carbocycles. The second-order valence-corrected chi connectivity index (χ2v) is 13.6. The molecular formula is C23H29NO3SSi. The molecule has 2 aliphatic heterocycles. The average Bonchev–Trinajstić information content (AvgIpc) is 3.25. The van der Waals surface area contributed by atoms with Gasteiger partial charge in [0, 0.05) is 11.4 Å². The van der Waals surface area contributed by atoms with Crippen LogP contribution < -0.4 is 0 Å². The Kier molecular flexibility index (Phi) is 5.32. The number of hydrogen-bond donors (Lipinski definition) is 0. The van der Waals surface area contributed by atoms with Gasteiger partial charge in [0.1, 0.15) is 5.60 Å². The van der Waals surface area contributed by atoms with Gasteiger partial charge in [0.25, 0.3) is 0 Å². The highest BCUT2D eigenvalue weighted by atomic mass is 32.2. The van der Waals surface area contributed by atoms with E-state index in [-0.39, 0.29) is 17.1 Å². The summed E-state index contributed by atoms with van der Waals surface area (Å²) in [6.07, 6.45) is 3.43. The van der Waals surface area contributed by atoms with Crippen molar-refractivity contribution in [3.05, 3.63) is 83.3 Å². The molecule has 0 spiro atoms. The van der Waals surface area contributed by atoms with Gasteiger partial charge in [-0.25, -0.2) is 8.42 Å². The highest BCUT2D eigenvalue weighted by Gasteiger charge is 2.55. The van der Waals surface area contributed by atoms with E-state index in [9.17, 15) is 8.42 Å². The lowest BCUT2D eigenvalue weighted by Gasteiger charge is -2.44. The van der Waals surface area contributed by atoms with Crippen molar-refractivity contribution in [3.8, 4) is 0 Å². The molecule has 4 nitrogen and oxygen atoms in total. The first-order valence-corrected chi connectivity index (χ1v) is 13.0. The summed E-state index contributed by atoms with van der Waals surface area (Å²) in [6.45, 7) is 6.60. The van der Waals surface area contributed by atoms with Crippen molar-refractivity contribution in [3.63, 3.8) is 0 Å². The number of sulfonamides is 1.